The van der Waals surface area contributed by atoms with Gasteiger partial charge in [0.1, 0.15) is 0 Å². The Hall–Kier alpha value is -1.26. The van der Waals surface area contributed by atoms with E-state index in [1.165, 1.54) is 12.0 Å². The van der Waals surface area contributed by atoms with Crippen LogP contribution in [0.5, 0.6) is 0 Å². The zero-order valence-electron chi connectivity index (χ0n) is 12.2. The monoisotopic (exact) mass is 307 g/mol. The van der Waals surface area contributed by atoms with Gasteiger partial charge >= 0.3 is 0 Å². The van der Waals surface area contributed by atoms with E-state index in [2.05, 4.69) is 22.0 Å². The average molecular weight is 308 g/mol. The molecule has 0 spiro atoms. The van der Waals surface area contributed by atoms with E-state index in [1.54, 1.807) is 0 Å². The Kier molecular flexibility index (Phi) is 4.36. The van der Waals surface area contributed by atoms with Crippen molar-refractivity contribution < 1.29 is 4.74 Å². The molecule has 1 saturated carbocycles. The molecule has 0 aromatic heterocycles. The van der Waals surface area contributed by atoms with Gasteiger partial charge in [0.25, 0.3) is 0 Å². The Morgan fingerprint density at radius 2 is 2.00 bits per heavy atom. The van der Waals surface area contributed by atoms with Crippen molar-refractivity contribution in [3.8, 4) is 0 Å². The number of morpholine rings is 1. The van der Waals surface area contributed by atoms with Crippen molar-refractivity contribution in [3.05, 3.63) is 34.9 Å². The molecule has 0 radical (unpaired) electrons. The van der Waals surface area contributed by atoms with Gasteiger partial charge in [-0.1, -0.05) is 36.2 Å². The van der Waals surface area contributed by atoms with E-state index in [-0.39, 0.29) is 5.41 Å². The second-order valence-corrected chi connectivity index (χ2v) is 6.29. The molecule has 2 aliphatic rings. The number of nitrogens with two attached hydrogens (primary N) is 1. The Morgan fingerprint density at radius 3 is 2.62 bits per heavy atom. The number of halogens is 1. The molecule has 2 N–H and O–H groups in total. The highest BCUT2D eigenvalue weighted by atomic mass is 35.5. The Bertz CT molecular complexity index is 522. The lowest BCUT2D eigenvalue weighted by atomic mass is 9.64. The molecule has 5 heteroatoms. The molecule has 0 atom stereocenters. The molecule has 0 amide bonds. The molecule has 1 saturated heterocycles. The van der Waals surface area contributed by atoms with Gasteiger partial charge in [-0.05, 0) is 24.5 Å². The number of hydrogen-bond acceptors (Lipinski definition) is 2. The first kappa shape index (κ1) is 14.7. The summed E-state index contributed by atoms with van der Waals surface area (Å²) in [6, 6.07) is 8.12. The summed E-state index contributed by atoms with van der Waals surface area (Å²) in [6.45, 7) is 3.83. The van der Waals surface area contributed by atoms with E-state index in [4.69, 9.17) is 22.1 Å². The van der Waals surface area contributed by atoms with Crippen LogP contribution in [0.3, 0.4) is 0 Å². The van der Waals surface area contributed by atoms with Gasteiger partial charge in [0.2, 0.25) is 0 Å². The van der Waals surface area contributed by atoms with Crippen molar-refractivity contribution in [2.45, 2.75) is 24.7 Å². The number of nitrogens with zero attached hydrogens (tertiary/aromatic N) is 2. The summed E-state index contributed by atoms with van der Waals surface area (Å²) >= 11 is 6.38. The lowest BCUT2D eigenvalue weighted by molar-refractivity contribution is 0.0673. The van der Waals surface area contributed by atoms with E-state index in [9.17, 15) is 0 Å². The lowest BCUT2D eigenvalue weighted by Gasteiger charge is -2.42. The topological polar surface area (TPSA) is 50.8 Å². The quantitative estimate of drug-likeness (QED) is 0.689. The molecule has 0 bridgehead atoms. The number of guanidine groups is 1. The maximum absolute atomic E-state index is 6.38. The van der Waals surface area contributed by atoms with Gasteiger partial charge in [-0.3, -0.25) is 4.99 Å². The van der Waals surface area contributed by atoms with Crippen molar-refractivity contribution in [2.24, 2.45) is 10.7 Å². The summed E-state index contributed by atoms with van der Waals surface area (Å²) in [7, 11) is 0. The van der Waals surface area contributed by atoms with Crippen molar-refractivity contribution >= 4 is 17.6 Å². The van der Waals surface area contributed by atoms with Crippen molar-refractivity contribution in [3.63, 3.8) is 0 Å². The zero-order chi connectivity index (χ0) is 14.7. The number of benzene rings is 1. The van der Waals surface area contributed by atoms with Gasteiger partial charge in [0.15, 0.2) is 5.96 Å². The van der Waals surface area contributed by atoms with Gasteiger partial charge in [0, 0.05) is 23.5 Å². The molecule has 1 aromatic rings. The highest BCUT2D eigenvalue weighted by Crippen LogP contribution is 2.46. The zero-order valence-corrected chi connectivity index (χ0v) is 13.0. The fourth-order valence-electron chi connectivity index (χ4n) is 3.13. The molecule has 0 unspecified atom stereocenters. The van der Waals surface area contributed by atoms with Gasteiger partial charge in [-0.2, -0.15) is 0 Å². The maximum atomic E-state index is 6.38. The third-order valence-corrected chi connectivity index (χ3v) is 4.96. The van der Waals surface area contributed by atoms with Gasteiger partial charge in [-0.15, -0.1) is 0 Å². The first-order valence-electron chi connectivity index (χ1n) is 7.59. The third kappa shape index (κ3) is 3.01. The molecular weight excluding hydrogens is 286 g/mol. The standard InChI is InChI=1S/C16H22ClN3O/c17-14-5-2-1-4-13(14)16(6-3-7-16)12-19-15(18)20-8-10-21-11-9-20/h1-2,4-5H,3,6-12H2,(H2,18,19). The molecular formula is C16H22ClN3O. The van der Waals surface area contributed by atoms with Crippen LogP contribution in [0.2, 0.25) is 5.02 Å². The number of ether oxygens (including phenoxy) is 1. The summed E-state index contributed by atoms with van der Waals surface area (Å²) in [5, 5.41) is 0.845. The van der Waals surface area contributed by atoms with E-state index < -0.39 is 0 Å². The van der Waals surface area contributed by atoms with E-state index in [0.29, 0.717) is 5.96 Å². The number of hydrogen-bond donors (Lipinski definition) is 1. The lowest BCUT2D eigenvalue weighted by Crippen LogP contribution is -2.46. The highest BCUT2D eigenvalue weighted by molar-refractivity contribution is 6.31. The van der Waals surface area contributed by atoms with Crippen LogP contribution < -0.4 is 5.73 Å². The number of aliphatic imine (C=N–C) groups is 1. The van der Waals surface area contributed by atoms with Crippen molar-refractivity contribution in [1.29, 1.82) is 0 Å². The van der Waals surface area contributed by atoms with Gasteiger partial charge in [0.05, 0.1) is 19.8 Å². The fourth-order valence-corrected chi connectivity index (χ4v) is 3.47. The van der Waals surface area contributed by atoms with Crippen LogP contribution in [0, 0.1) is 0 Å². The van der Waals surface area contributed by atoms with Crippen LogP contribution in [0.4, 0.5) is 0 Å². The van der Waals surface area contributed by atoms with Crippen LogP contribution in [0.25, 0.3) is 0 Å². The van der Waals surface area contributed by atoms with Gasteiger partial charge in [-0.25, -0.2) is 0 Å². The minimum absolute atomic E-state index is 0.0786. The van der Waals surface area contributed by atoms with E-state index in [0.717, 1.165) is 50.7 Å². The maximum Gasteiger partial charge on any atom is 0.191 e. The first-order valence-corrected chi connectivity index (χ1v) is 7.97. The summed E-state index contributed by atoms with van der Waals surface area (Å²) < 4.78 is 5.34. The van der Waals surface area contributed by atoms with Crippen LogP contribution in [0.1, 0.15) is 24.8 Å². The normalized spacial score (nSPS) is 22.0. The molecule has 1 aromatic carbocycles. The predicted octanol–water partition coefficient (Wildman–Crippen LogP) is 2.41. The second kappa shape index (κ2) is 6.24. The minimum Gasteiger partial charge on any atom is -0.378 e. The number of rotatable bonds is 3. The SMILES string of the molecule is NC(=NCC1(c2ccccc2Cl)CCC1)N1CCOCC1. The highest BCUT2D eigenvalue weighted by Gasteiger charge is 2.40. The summed E-state index contributed by atoms with van der Waals surface area (Å²) in [4.78, 5) is 6.77. The first-order chi connectivity index (χ1) is 10.2. The largest absolute Gasteiger partial charge is 0.378 e. The fraction of sp³-hybridized carbons (Fsp3) is 0.562. The smallest absolute Gasteiger partial charge is 0.191 e. The van der Waals surface area contributed by atoms with Crippen LogP contribution in [-0.2, 0) is 10.2 Å². The Labute approximate surface area is 130 Å². The summed E-state index contributed by atoms with van der Waals surface area (Å²) in [5.74, 6) is 0.636. The van der Waals surface area contributed by atoms with Gasteiger partial charge < -0.3 is 15.4 Å². The molecule has 21 heavy (non-hydrogen) atoms. The Morgan fingerprint density at radius 1 is 1.29 bits per heavy atom. The molecule has 4 nitrogen and oxygen atoms in total. The minimum atomic E-state index is 0.0786. The second-order valence-electron chi connectivity index (χ2n) is 5.89. The van der Waals surface area contributed by atoms with E-state index in [1.807, 2.05) is 12.1 Å². The van der Waals surface area contributed by atoms with Crippen LogP contribution in [-0.4, -0.2) is 43.7 Å². The predicted molar refractivity (Wildman–Crippen MR) is 85.9 cm³/mol. The molecule has 1 aliphatic heterocycles. The average Bonchev–Trinajstić information content (AvgIpc) is 2.48. The third-order valence-electron chi connectivity index (χ3n) is 4.63. The summed E-state index contributed by atoms with van der Waals surface area (Å²) in [6.07, 6.45) is 3.51. The van der Waals surface area contributed by atoms with Crippen LogP contribution in [0.15, 0.2) is 29.3 Å². The van der Waals surface area contributed by atoms with Crippen molar-refractivity contribution in [2.75, 3.05) is 32.8 Å². The van der Waals surface area contributed by atoms with E-state index >= 15 is 0 Å². The molecule has 2 fully saturated rings. The Balaban J connectivity index is 1.74. The van der Waals surface area contributed by atoms with Crippen LogP contribution >= 0.6 is 11.6 Å². The van der Waals surface area contributed by atoms with Crippen molar-refractivity contribution in [1.82, 2.24) is 4.90 Å². The molecule has 3 rings (SSSR count). The summed E-state index contributed by atoms with van der Waals surface area (Å²) in [5.41, 5.74) is 7.44. The molecule has 114 valence electrons. The molecule has 1 aliphatic carbocycles. The molecule has 1 heterocycles.